The molecule has 0 unspecified atom stereocenters. The van der Waals surface area contributed by atoms with E-state index < -0.39 is 11.7 Å². The number of carbonyl (C=O) groups is 2. The Balaban J connectivity index is 1.67. The Hall–Kier alpha value is -3.64. The van der Waals surface area contributed by atoms with Crippen LogP contribution in [0.25, 0.3) is 11.1 Å². The molecule has 10 nitrogen and oxygen atoms in total. The molecule has 3 aromatic rings. The molecule has 2 N–H and O–H groups in total. The van der Waals surface area contributed by atoms with Gasteiger partial charge in [-0.05, 0) is 44.0 Å². The summed E-state index contributed by atoms with van der Waals surface area (Å²) in [5.41, 5.74) is 3.12. The summed E-state index contributed by atoms with van der Waals surface area (Å²) in [5, 5.41) is 5.65. The highest BCUT2D eigenvalue weighted by Gasteiger charge is 2.20. The number of ether oxygens (including phenoxy) is 3. The molecular weight excluding hydrogens is 574 g/mol. The number of nitrogens with one attached hydrogen (secondary N) is 2. The van der Waals surface area contributed by atoms with Crippen LogP contribution in [0.3, 0.4) is 0 Å². The van der Waals surface area contributed by atoms with Crippen molar-refractivity contribution >= 4 is 39.5 Å². The van der Waals surface area contributed by atoms with Gasteiger partial charge in [-0.3, -0.25) is 4.79 Å². The molecular formula is C30H39N5O5S2. The summed E-state index contributed by atoms with van der Waals surface area (Å²) in [7, 11) is 7.96. The van der Waals surface area contributed by atoms with Crippen molar-refractivity contribution in [2.75, 3.05) is 44.6 Å². The van der Waals surface area contributed by atoms with E-state index in [1.807, 2.05) is 63.2 Å². The van der Waals surface area contributed by atoms with Crippen molar-refractivity contribution in [3.63, 3.8) is 0 Å². The van der Waals surface area contributed by atoms with Gasteiger partial charge in [-0.25, -0.2) is 14.8 Å². The summed E-state index contributed by atoms with van der Waals surface area (Å²) in [6, 6.07) is 13.6. The number of benzene rings is 2. The zero-order valence-corrected chi connectivity index (χ0v) is 26.6. The summed E-state index contributed by atoms with van der Waals surface area (Å²) in [4.78, 5) is 35.7. The van der Waals surface area contributed by atoms with Gasteiger partial charge in [0.2, 0.25) is 11.9 Å². The van der Waals surface area contributed by atoms with Crippen LogP contribution in [0.4, 0.5) is 10.7 Å². The van der Waals surface area contributed by atoms with Crippen LogP contribution in [-0.2, 0) is 22.6 Å². The first kappa shape index (κ1) is 32.9. The quantitative estimate of drug-likeness (QED) is 0.175. The molecule has 0 fully saturated rings. The van der Waals surface area contributed by atoms with Gasteiger partial charge in [-0.15, -0.1) is 0 Å². The number of rotatable bonds is 14. The number of anilines is 1. The van der Waals surface area contributed by atoms with E-state index in [4.69, 9.17) is 14.2 Å². The van der Waals surface area contributed by atoms with Crippen LogP contribution in [-0.4, -0.2) is 71.8 Å². The van der Waals surface area contributed by atoms with Crippen LogP contribution in [0.5, 0.6) is 11.5 Å². The van der Waals surface area contributed by atoms with Gasteiger partial charge >= 0.3 is 6.09 Å². The summed E-state index contributed by atoms with van der Waals surface area (Å²) in [5.74, 6) is 2.75. The maximum atomic E-state index is 13.5. The Labute approximate surface area is 255 Å². The Bertz CT molecular complexity index is 1280. The minimum atomic E-state index is -0.543. The Morgan fingerprint density at radius 2 is 1.55 bits per heavy atom. The van der Waals surface area contributed by atoms with Crippen molar-refractivity contribution in [2.24, 2.45) is 0 Å². The highest BCUT2D eigenvalue weighted by Crippen LogP contribution is 2.31. The van der Waals surface area contributed by atoms with Crippen molar-refractivity contribution in [1.29, 1.82) is 0 Å². The minimum absolute atomic E-state index is 0.0271. The standard InChI is InChI=1S/C30H39N5O5S2/c1-30(2,3)40-29(37)32-14-15-41-42-20-27(36)35(19-24-25(38-5)8-7-9-26(24)39-6)18-21-10-12-22(13-11-21)23-16-33-28(31-4)34-17-23/h7-13,16-17H,14-15,18-20H2,1-6H3,(H,32,37)(H,31,33,34). The summed E-state index contributed by atoms with van der Waals surface area (Å²) < 4.78 is 16.4. The summed E-state index contributed by atoms with van der Waals surface area (Å²) in [6.07, 6.45) is 3.10. The van der Waals surface area contributed by atoms with Gasteiger partial charge in [-0.2, -0.15) is 0 Å². The molecule has 12 heteroatoms. The normalized spacial score (nSPS) is 11.0. The van der Waals surface area contributed by atoms with Gasteiger partial charge in [0, 0.05) is 43.8 Å². The molecule has 0 bridgehead atoms. The Morgan fingerprint density at radius 1 is 0.905 bits per heavy atom. The number of hydrogen-bond acceptors (Lipinski definition) is 10. The van der Waals surface area contributed by atoms with Crippen LogP contribution in [0.15, 0.2) is 54.9 Å². The topological polar surface area (TPSA) is 115 Å². The van der Waals surface area contributed by atoms with Crippen molar-refractivity contribution in [3.8, 4) is 22.6 Å². The molecule has 0 aliphatic carbocycles. The minimum Gasteiger partial charge on any atom is -0.496 e. The number of alkyl carbamates (subject to hydrolysis) is 1. The maximum absolute atomic E-state index is 13.5. The number of aromatic nitrogens is 2. The highest BCUT2D eigenvalue weighted by atomic mass is 33.1. The molecule has 0 aliphatic rings. The zero-order valence-electron chi connectivity index (χ0n) is 24.9. The third-order valence-electron chi connectivity index (χ3n) is 5.89. The van der Waals surface area contributed by atoms with Crippen LogP contribution in [0, 0.1) is 0 Å². The molecule has 2 amide bonds. The average Bonchev–Trinajstić information content (AvgIpc) is 2.98. The first-order valence-electron chi connectivity index (χ1n) is 13.4. The number of methoxy groups -OCH3 is 2. The second-order valence-corrected chi connectivity index (χ2v) is 12.7. The lowest BCUT2D eigenvalue weighted by Crippen LogP contribution is -2.33. The smallest absolute Gasteiger partial charge is 0.407 e. The third-order valence-corrected chi connectivity index (χ3v) is 8.14. The van der Waals surface area contributed by atoms with E-state index >= 15 is 0 Å². The summed E-state index contributed by atoms with van der Waals surface area (Å²) in [6.45, 7) is 6.63. The van der Waals surface area contributed by atoms with E-state index in [9.17, 15) is 9.59 Å². The fourth-order valence-electron chi connectivity index (χ4n) is 3.89. The molecule has 0 saturated heterocycles. The van der Waals surface area contributed by atoms with Gasteiger partial charge in [0.05, 0.1) is 32.1 Å². The molecule has 3 rings (SSSR count). The van der Waals surface area contributed by atoms with E-state index in [1.54, 1.807) is 38.6 Å². The van der Waals surface area contributed by atoms with Crippen LogP contribution >= 0.6 is 21.6 Å². The molecule has 0 saturated carbocycles. The molecule has 0 spiro atoms. The van der Waals surface area contributed by atoms with Crippen molar-refractivity contribution in [3.05, 3.63) is 66.0 Å². The van der Waals surface area contributed by atoms with E-state index in [2.05, 4.69) is 20.6 Å². The van der Waals surface area contributed by atoms with Crippen LogP contribution < -0.4 is 20.1 Å². The molecule has 0 aliphatic heterocycles. The van der Waals surface area contributed by atoms with E-state index in [0.29, 0.717) is 42.8 Å². The summed E-state index contributed by atoms with van der Waals surface area (Å²) >= 11 is 0. The molecule has 2 aromatic carbocycles. The Morgan fingerprint density at radius 3 is 2.12 bits per heavy atom. The highest BCUT2D eigenvalue weighted by molar-refractivity contribution is 8.76. The first-order chi connectivity index (χ1) is 20.1. The zero-order chi connectivity index (χ0) is 30.5. The number of nitrogens with zero attached hydrogens (tertiary/aromatic N) is 3. The lowest BCUT2D eigenvalue weighted by molar-refractivity contribution is -0.129. The number of carbonyl (C=O) groups excluding carboxylic acids is 2. The molecule has 42 heavy (non-hydrogen) atoms. The molecule has 0 atom stereocenters. The monoisotopic (exact) mass is 613 g/mol. The van der Waals surface area contributed by atoms with Gasteiger partial charge in [0.15, 0.2) is 0 Å². The van der Waals surface area contributed by atoms with Gasteiger partial charge in [-0.1, -0.05) is 51.9 Å². The first-order valence-corrected chi connectivity index (χ1v) is 15.9. The third kappa shape index (κ3) is 10.3. The van der Waals surface area contributed by atoms with Crippen molar-refractivity contribution in [1.82, 2.24) is 20.2 Å². The van der Waals surface area contributed by atoms with E-state index in [1.165, 1.54) is 21.6 Å². The molecule has 0 radical (unpaired) electrons. The number of amides is 2. The van der Waals surface area contributed by atoms with Crippen LogP contribution in [0.1, 0.15) is 31.9 Å². The van der Waals surface area contributed by atoms with Gasteiger partial charge < -0.3 is 29.7 Å². The van der Waals surface area contributed by atoms with E-state index in [0.717, 1.165) is 22.3 Å². The predicted molar refractivity (Wildman–Crippen MR) is 170 cm³/mol. The average molecular weight is 614 g/mol. The maximum Gasteiger partial charge on any atom is 0.407 e. The largest absolute Gasteiger partial charge is 0.496 e. The fraction of sp³-hybridized carbons (Fsp3) is 0.400. The fourth-order valence-corrected chi connectivity index (χ4v) is 5.71. The molecule has 226 valence electrons. The lowest BCUT2D eigenvalue weighted by atomic mass is 10.1. The predicted octanol–water partition coefficient (Wildman–Crippen LogP) is 5.64. The Kier molecular flexibility index (Phi) is 12.6. The second-order valence-electron chi connectivity index (χ2n) is 10.1. The van der Waals surface area contributed by atoms with Gasteiger partial charge in [0.1, 0.15) is 17.1 Å². The molecule has 1 heterocycles. The van der Waals surface area contributed by atoms with E-state index in [-0.39, 0.29) is 11.7 Å². The van der Waals surface area contributed by atoms with Gasteiger partial charge in [0.25, 0.3) is 0 Å². The SMILES string of the molecule is CNc1ncc(-c2ccc(CN(Cc3c(OC)cccc3OC)C(=O)CSSCCNC(=O)OC(C)(C)C)cc2)cn1. The molecule has 1 aromatic heterocycles. The van der Waals surface area contributed by atoms with Crippen molar-refractivity contribution < 1.29 is 23.8 Å². The van der Waals surface area contributed by atoms with Crippen LogP contribution in [0.2, 0.25) is 0 Å². The second kappa shape index (κ2) is 16.1. The number of hydrogen-bond donors (Lipinski definition) is 2. The lowest BCUT2D eigenvalue weighted by Gasteiger charge is -2.25. The van der Waals surface area contributed by atoms with Crippen molar-refractivity contribution in [2.45, 2.75) is 39.5 Å².